The molecule has 0 rings (SSSR count). The molecule has 0 N–H and O–H groups in total. The van der Waals surface area contributed by atoms with Crippen molar-refractivity contribution in [3.8, 4) is 0 Å². The molecule has 6 nitrogen and oxygen atoms in total. The number of carbonyl (C=O) groups excluding carboxylic acids is 3. The van der Waals surface area contributed by atoms with Gasteiger partial charge in [-0.25, -0.2) is 0 Å². The van der Waals surface area contributed by atoms with Gasteiger partial charge in [0.25, 0.3) is 0 Å². The van der Waals surface area contributed by atoms with Crippen LogP contribution in [0.25, 0.3) is 0 Å². The van der Waals surface area contributed by atoms with Crippen molar-refractivity contribution in [2.75, 3.05) is 13.2 Å². The summed E-state index contributed by atoms with van der Waals surface area (Å²) >= 11 is 0. The molecule has 0 bridgehead atoms. The largest absolute Gasteiger partial charge is 0.462 e. The first kappa shape index (κ1) is 74.6. The summed E-state index contributed by atoms with van der Waals surface area (Å²) in [4.78, 5) is 38.1. The molecule has 0 aliphatic heterocycles. The van der Waals surface area contributed by atoms with Crippen LogP contribution in [0.15, 0.2) is 85.1 Å². The first-order valence-corrected chi connectivity index (χ1v) is 33.6. The van der Waals surface area contributed by atoms with Crippen LogP contribution in [0.1, 0.15) is 335 Å². The van der Waals surface area contributed by atoms with Gasteiger partial charge < -0.3 is 14.2 Å². The van der Waals surface area contributed by atoms with Gasteiger partial charge in [0.05, 0.1) is 0 Å². The molecule has 450 valence electrons. The molecule has 0 spiro atoms. The van der Waals surface area contributed by atoms with Crippen LogP contribution in [-0.4, -0.2) is 37.2 Å². The highest BCUT2D eigenvalue weighted by Gasteiger charge is 2.19. The third-order valence-corrected chi connectivity index (χ3v) is 14.6. The normalized spacial score (nSPS) is 12.6. The molecular formula is C72H126O6. The molecule has 0 aliphatic rings. The summed E-state index contributed by atoms with van der Waals surface area (Å²) in [5.41, 5.74) is 0. The van der Waals surface area contributed by atoms with E-state index >= 15 is 0 Å². The Morgan fingerprint density at radius 1 is 0.269 bits per heavy atom. The molecule has 0 amide bonds. The maximum atomic E-state index is 12.9. The van der Waals surface area contributed by atoms with Gasteiger partial charge in [0.15, 0.2) is 6.10 Å². The number of esters is 3. The Kier molecular flexibility index (Phi) is 63.2. The molecule has 0 aliphatic carbocycles. The Morgan fingerprint density at radius 2 is 0.500 bits per heavy atom. The molecule has 0 fully saturated rings. The highest BCUT2D eigenvalue weighted by molar-refractivity contribution is 5.71. The fourth-order valence-electron chi connectivity index (χ4n) is 9.62. The van der Waals surface area contributed by atoms with E-state index in [0.29, 0.717) is 19.3 Å². The predicted octanol–water partition coefficient (Wildman–Crippen LogP) is 23.1. The van der Waals surface area contributed by atoms with Crippen LogP contribution in [0.2, 0.25) is 0 Å². The average molecular weight is 1090 g/mol. The smallest absolute Gasteiger partial charge is 0.306 e. The van der Waals surface area contributed by atoms with E-state index < -0.39 is 6.10 Å². The van der Waals surface area contributed by atoms with Crippen molar-refractivity contribution in [3.63, 3.8) is 0 Å². The maximum Gasteiger partial charge on any atom is 0.306 e. The summed E-state index contributed by atoms with van der Waals surface area (Å²) in [6, 6.07) is 0. The Hall–Kier alpha value is -3.41. The highest BCUT2D eigenvalue weighted by Crippen LogP contribution is 2.17. The minimum Gasteiger partial charge on any atom is -0.462 e. The van der Waals surface area contributed by atoms with Crippen LogP contribution in [-0.2, 0) is 28.6 Å². The number of ether oxygens (including phenoxy) is 3. The minimum atomic E-state index is -0.775. The van der Waals surface area contributed by atoms with Gasteiger partial charge >= 0.3 is 17.9 Å². The number of allylic oxidation sites excluding steroid dienone is 14. The van der Waals surface area contributed by atoms with Crippen molar-refractivity contribution < 1.29 is 28.6 Å². The molecule has 0 radical (unpaired) electrons. The topological polar surface area (TPSA) is 78.9 Å². The summed E-state index contributed by atoms with van der Waals surface area (Å²) in [6.45, 7) is 6.49. The maximum absolute atomic E-state index is 12.9. The fraction of sp³-hybridized carbons (Fsp3) is 0.764. The lowest BCUT2D eigenvalue weighted by atomic mass is 10.0. The van der Waals surface area contributed by atoms with Gasteiger partial charge in [-0.15, -0.1) is 0 Å². The quantitative estimate of drug-likeness (QED) is 0.0261. The van der Waals surface area contributed by atoms with E-state index in [4.69, 9.17) is 14.2 Å². The van der Waals surface area contributed by atoms with Crippen LogP contribution in [0, 0.1) is 0 Å². The second-order valence-electron chi connectivity index (χ2n) is 22.4. The Morgan fingerprint density at radius 3 is 0.782 bits per heavy atom. The van der Waals surface area contributed by atoms with Crippen LogP contribution >= 0.6 is 0 Å². The van der Waals surface area contributed by atoms with Gasteiger partial charge in [-0.3, -0.25) is 14.4 Å². The minimum absolute atomic E-state index is 0.0746. The summed E-state index contributed by atoms with van der Waals surface area (Å²) < 4.78 is 16.8. The van der Waals surface area contributed by atoms with Gasteiger partial charge in [-0.2, -0.15) is 0 Å². The van der Waals surface area contributed by atoms with E-state index in [0.717, 1.165) is 96.3 Å². The van der Waals surface area contributed by atoms with Crippen LogP contribution in [0.5, 0.6) is 0 Å². The molecule has 0 saturated carbocycles. The molecule has 6 heteroatoms. The number of rotatable bonds is 61. The van der Waals surface area contributed by atoms with Crippen molar-refractivity contribution in [2.45, 2.75) is 341 Å². The summed E-state index contributed by atoms with van der Waals surface area (Å²) in [7, 11) is 0. The number of hydrogen-bond donors (Lipinski definition) is 0. The molecule has 1 unspecified atom stereocenters. The zero-order valence-corrected chi connectivity index (χ0v) is 51.7. The first-order valence-electron chi connectivity index (χ1n) is 33.6. The highest BCUT2D eigenvalue weighted by atomic mass is 16.6. The van der Waals surface area contributed by atoms with E-state index in [1.807, 2.05) is 0 Å². The number of unbranched alkanes of at least 4 members (excludes halogenated alkanes) is 36. The summed E-state index contributed by atoms with van der Waals surface area (Å²) in [6.07, 6.45) is 87.8. The van der Waals surface area contributed by atoms with Gasteiger partial charge in [0.2, 0.25) is 0 Å². The van der Waals surface area contributed by atoms with Crippen molar-refractivity contribution in [1.82, 2.24) is 0 Å². The zero-order valence-electron chi connectivity index (χ0n) is 51.7. The van der Waals surface area contributed by atoms with Crippen molar-refractivity contribution in [2.24, 2.45) is 0 Å². The van der Waals surface area contributed by atoms with Crippen LogP contribution < -0.4 is 0 Å². The SMILES string of the molecule is CC/C=C\C/C=C\C/C=C\C/C=C\CCCCCCCCCCCCCCC(=O)OC(COC(=O)CCCCCCCC)COC(=O)CCCCCCCCCCCCCCCC/C=C\C/C=C\C/C=C\CCCCCCC. The number of carbonyl (C=O) groups is 3. The van der Waals surface area contributed by atoms with E-state index in [9.17, 15) is 14.4 Å². The first-order chi connectivity index (χ1) is 38.5. The lowest BCUT2D eigenvalue weighted by Gasteiger charge is -2.18. The third-order valence-electron chi connectivity index (χ3n) is 14.6. The molecule has 78 heavy (non-hydrogen) atoms. The Bertz CT molecular complexity index is 1480. The van der Waals surface area contributed by atoms with E-state index in [-0.39, 0.29) is 31.1 Å². The molecule has 0 saturated heterocycles. The number of hydrogen-bond acceptors (Lipinski definition) is 6. The van der Waals surface area contributed by atoms with Crippen molar-refractivity contribution in [3.05, 3.63) is 85.1 Å². The van der Waals surface area contributed by atoms with Gasteiger partial charge in [0, 0.05) is 19.3 Å². The lowest BCUT2D eigenvalue weighted by Crippen LogP contribution is -2.30. The molecule has 0 aromatic heterocycles. The summed E-state index contributed by atoms with van der Waals surface area (Å²) in [5.74, 6) is -0.874. The third kappa shape index (κ3) is 63.4. The second-order valence-corrected chi connectivity index (χ2v) is 22.4. The van der Waals surface area contributed by atoms with E-state index in [1.165, 1.54) is 199 Å². The predicted molar refractivity (Wildman–Crippen MR) is 339 cm³/mol. The molecule has 0 heterocycles. The zero-order chi connectivity index (χ0) is 56.4. The van der Waals surface area contributed by atoms with Gasteiger partial charge in [-0.1, -0.05) is 305 Å². The second kappa shape index (κ2) is 66.1. The van der Waals surface area contributed by atoms with Crippen molar-refractivity contribution in [1.29, 1.82) is 0 Å². The monoisotopic (exact) mass is 1090 g/mol. The van der Waals surface area contributed by atoms with Crippen LogP contribution in [0.3, 0.4) is 0 Å². The molecule has 1 atom stereocenters. The summed E-state index contributed by atoms with van der Waals surface area (Å²) in [5, 5.41) is 0. The fourth-order valence-corrected chi connectivity index (χ4v) is 9.62. The van der Waals surface area contributed by atoms with E-state index in [1.54, 1.807) is 0 Å². The lowest BCUT2D eigenvalue weighted by molar-refractivity contribution is -0.167. The Labute approximate surface area is 484 Å². The molecule has 0 aromatic carbocycles. The van der Waals surface area contributed by atoms with Crippen LogP contribution in [0.4, 0.5) is 0 Å². The van der Waals surface area contributed by atoms with E-state index in [2.05, 4.69) is 106 Å². The van der Waals surface area contributed by atoms with Gasteiger partial charge in [-0.05, 0) is 96.3 Å². The average Bonchev–Trinajstić information content (AvgIpc) is 3.44. The van der Waals surface area contributed by atoms with Gasteiger partial charge in [0.1, 0.15) is 13.2 Å². The Balaban J connectivity index is 4.04. The molecule has 0 aromatic rings. The van der Waals surface area contributed by atoms with Crippen molar-refractivity contribution >= 4 is 17.9 Å². The standard InChI is InChI=1S/C72H126O6/c1-4-7-10-13-16-18-20-22-24-26-28-30-32-34-35-36-37-39-40-42-44-46-48-50-52-54-56-59-62-65-71(74)77-68-69(67-76-70(73)64-61-58-15-12-9-6-3)78-72(75)66-63-60-57-55-53-51-49-47-45-43-41-38-33-31-29-27-25-23-21-19-17-14-11-8-5-2/h8,11,17,19-20,22-23,25-26,28-29,31-32,34,69H,4-7,9-10,12-16,18,21,24,27,30,33,35-68H2,1-3H3/b11-8-,19-17-,22-20-,25-23-,28-26-,31-29-,34-32-. The molecular weight excluding hydrogens is 961 g/mol.